The number of nitrogens with zero attached hydrogens (tertiary/aromatic N) is 1. The number of carbonyl (C=O) groups is 2. The predicted molar refractivity (Wildman–Crippen MR) is 88.1 cm³/mol. The van der Waals surface area contributed by atoms with Crippen molar-refractivity contribution < 1.29 is 14.3 Å². The second-order valence-electron chi connectivity index (χ2n) is 5.25. The van der Waals surface area contributed by atoms with Gasteiger partial charge in [-0.3, -0.25) is 9.59 Å². The van der Waals surface area contributed by atoms with Gasteiger partial charge in [-0.1, -0.05) is 19.1 Å². The molecule has 1 amide bonds. The van der Waals surface area contributed by atoms with Crippen molar-refractivity contribution in [3.05, 3.63) is 29.8 Å². The first-order valence-corrected chi connectivity index (χ1v) is 8.83. The van der Waals surface area contributed by atoms with E-state index in [1.807, 2.05) is 36.1 Å². The number of benzene rings is 1. The van der Waals surface area contributed by atoms with E-state index in [-0.39, 0.29) is 17.8 Å². The molecule has 0 spiro atoms. The van der Waals surface area contributed by atoms with Crippen molar-refractivity contribution in [2.24, 2.45) is 5.92 Å². The van der Waals surface area contributed by atoms with E-state index in [4.69, 9.17) is 4.74 Å². The zero-order chi connectivity index (χ0) is 15.9. The molecule has 1 heterocycles. The molecule has 0 N–H and O–H groups in total. The molecule has 0 saturated carbocycles. The fraction of sp³-hybridized carbons (Fsp3) is 0.529. The average Bonchev–Trinajstić information content (AvgIpc) is 2.55. The summed E-state index contributed by atoms with van der Waals surface area (Å²) in [5.74, 6) is 0.814. The third-order valence-electron chi connectivity index (χ3n) is 3.82. The molecule has 1 aromatic rings. The van der Waals surface area contributed by atoms with E-state index >= 15 is 0 Å². The zero-order valence-electron chi connectivity index (χ0n) is 13.2. The van der Waals surface area contributed by atoms with Gasteiger partial charge in [-0.25, -0.2) is 0 Å². The number of esters is 1. The van der Waals surface area contributed by atoms with Gasteiger partial charge >= 0.3 is 5.97 Å². The van der Waals surface area contributed by atoms with Gasteiger partial charge in [0.05, 0.1) is 18.1 Å². The van der Waals surface area contributed by atoms with Crippen molar-refractivity contribution in [2.45, 2.75) is 31.6 Å². The molecule has 0 atom stereocenters. The third-order valence-corrected chi connectivity index (χ3v) is 4.78. The van der Waals surface area contributed by atoms with Crippen molar-refractivity contribution in [3.63, 3.8) is 0 Å². The number of thioether (sulfide) groups is 1. The van der Waals surface area contributed by atoms with Gasteiger partial charge in [0, 0.05) is 18.0 Å². The molecule has 2 rings (SSSR count). The lowest BCUT2D eigenvalue weighted by Gasteiger charge is -2.31. The van der Waals surface area contributed by atoms with Gasteiger partial charge in [0.25, 0.3) is 5.91 Å². The number of hydrogen-bond acceptors (Lipinski definition) is 4. The zero-order valence-corrected chi connectivity index (χ0v) is 14.0. The van der Waals surface area contributed by atoms with Gasteiger partial charge in [-0.15, -0.1) is 11.8 Å². The van der Waals surface area contributed by atoms with E-state index < -0.39 is 0 Å². The fourth-order valence-electron chi connectivity index (χ4n) is 2.67. The monoisotopic (exact) mass is 321 g/mol. The summed E-state index contributed by atoms with van der Waals surface area (Å²) in [6.45, 7) is 5.55. The lowest BCUT2D eigenvalue weighted by Crippen LogP contribution is -2.40. The second kappa shape index (κ2) is 8.22. The van der Waals surface area contributed by atoms with Crippen LogP contribution in [0.2, 0.25) is 0 Å². The van der Waals surface area contributed by atoms with Crippen LogP contribution in [0.15, 0.2) is 29.2 Å². The van der Waals surface area contributed by atoms with E-state index in [1.54, 1.807) is 11.8 Å². The molecule has 0 aliphatic carbocycles. The molecule has 1 aliphatic heterocycles. The molecule has 0 aromatic heterocycles. The van der Waals surface area contributed by atoms with Crippen LogP contribution in [0, 0.1) is 5.92 Å². The molecular formula is C17H23NO3S. The Bertz CT molecular complexity index is 524. The molecule has 1 aromatic carbocycles. The number of ether oxygens (including phenoxy) is 1. The summed E-state index contributed by atoms with van der Waals surface area (Å²) in [5, 5.41) is 0. The van der Waals surface area contributed by atoms with Crippen LogP contribution < -0.4 is 0 Å². The smallest absolute Gasteiger partial charge is 0.309 e. The summed E-state index contributed by atoms with van der Waals surface area (Å²) >= 11 is 1.68. The first-order chi connectivity index (χ1) is 10.7. The molecule has 120 valence electrons. The van der Waals surface area contributed by atoms with Crippen LogP contribution in [0.4, 0.5) is 0 Å². The highest BCUT2D eigenvalue weighted by Crippen LogP contribution is 2.26. The maximum absolute atomic E-state index is 12.7. The summed E-state index contributed by atoms with van der Waals surface area (Å²) in [7, 11) is 0. The maximum atomic E-state index is 12.7. The Morgan fingerprint density at radius 2 is 1.91 bits per heavy atom. The van der Waals surface area contributed by atoms with E-state index in [0.29, 0.717) is 32.5 Å². The van der Waals surface area contributed by atoms with Crippen molar-refractivity contribution >= 4 is 23.6 Å². The second-order valence-corrected chi connectivity index (χ2v) is 6.55. The molecule has 1 fully saturated rings. The normalized spacial score (nSPS) is 15.6. The SMILES string of the molecule is CCOC(=O)C1CCN(C(=O)c2ccccc2SCC)CC1. The van der Waals surface area contributed by atoms with Crippen LogP contribution in [-0.2, 0) is 9.53 Å². The van der Waals surface area contributed by atoms with Crippen molar-refractivity contribution in [1.29, 1.82) is 0 Å². The molecule has 22 heavy (non-hydrogen) atoms. The van der Waals surface area contributed by atoms with Crippen LogP contribution in [0.1, 0.15) is 37.0 Å². The van der Waals surface area contributed by atoms with Crippen molar-refractivity contribution in [1.82, 2.24) is 4.90 Å². The third kappa shape index (κ3) is 4.03. The molecule has 4 nitrogen and oxygen atoms in total. The summed E-state index contributed by atoms with van der Waals surface area (Å²) in [6.07, 6.45) is 1.38. The number of rotatable bonds is 5. The Kier molecular flexibility index (Phi) is 6.31. The van der Waals surface area contributed by atoms with Crippen LogP contribution >= 0.6 is 11.8 Å². The van der Waals surface area contributed by atoms with E-state index in [9.17, 15) is 9.59 Å². The maximum Gasteiger partial charge on any atom is 0.309 e. The minimum absolute atomic E-state index is 0.0655. The van der Waals surface area contributed by atoms with Gasteiger partial charge in [0.15, 0.2) is 0 Å². The molecule has 0 bridgehead atoms. The van der Waals surface area contributed by atoms with Gasteiger partial charge in [-0.05, 0) is 37.7 Å². The molecular weight excluding hydrogens is 298 g/mol. The molecule has 0 unspecified atom stereocenters. The fourth-order valence-corrected chi connectivity index (χ4v) is 3.47. The molecule has 0 radical (unpaired) electrons. The van der Waals surface area contributed by atoms with E-state index in [1.165, 1.54) is 0 Å². The Hall–Kier alpha value is -1.49. The van der Waals surface area contributed by atoms with E-state index in [2.05, 4.69) is 6.92 Å². The van der Waals surface area contributed by atoms with Gasteiger partial charge < -0.3 is 9.64 Å². The van der Waals surface area contributed by atoms with Crippen LogP contribution in [0.25, 0.3) is 0 Å². The lowest BCUT2D eigenvalue weighted by atomic mass is 9.96. The molecule has 1 saturated heterocycles. The Labute approximate surface area is 136 Å². The Morgan fingerprint density at radius 3 is 2.55 bits per heavy atom. The highest BCUT2D eigenvalue weighted by molar-refractivity contribution is 7.99. The molecule has 5 heteroatoms. The number of hydrogen-bond donors (Lipinski definition) is 0. The largest absolute Gasteiger partial charge is 0.466 e. The predicted octanol–water partition coefficient (Wildman–Crippen LogP) is 3.21. The standard InChI is InChI=1S/C17H23NO3S/c1-3-21-17(20)13-9-11-18(12-10-13)16(19)14-7-5-6-8-15(14)22-4-2/h5-8,13H,3-4,9-12H2,1-2H3. The highest BCUT2D eigenvalue weighted by atomic mass is 32.2. The van der Waals surface area contributed by atoms with E-state index in [0.717, 1.165) is 16.2 Å². The summed E-state index contributed by atoms with van der Waals surface area (Å²) < 4.78 is 5.07. The minimum Gasteiger partial charge on any atom is -0.466 e. The Balaban J connectivity index is 1.99. The number of likely N-dealkylation sites (tertiary alicyclic amines) is 1. The van der Waals surface area contributed by atoms with Crippen LogP contribution in [0.5, 0.6) is 0 Å². The average molecular weight is 321 g/mol. The number of amides is 1. The van der Waals surface area contributed by atoms with Crippen LogP contribution in [0.3, 0.4) is 0 Å². The number of piperidine rings is 1. The van der Waals surface area contributed by atoms with Gasteiger partial charge in [0.1, 0.15) is 0 Å². The van der Waals surface area contributed by atoms with Gasteiger partial charge in [0.2, 0.25) is 0 Å². The van der Waals surface area contributed by atoms with Crippen molar-refractivity contribution in [3.8, 4) is 0 Å². The lowest BCUT2D eigenvalue weighted by molar-refractivity contribution is -0.149. The quantitative estimate of drug-likeness (QED) is 0.617. The first-order valence-electron chi connectivity index (χ1n) is 7.85. The van der Waals surface area contributed by atoms with Crippen molar-refractivity contribution in [2.75, 3.05) is 25.4 Å². The summed E-state index contributed by atoms with van der Waals surface area (Å²) in [4.78, 5) is 27.3. The topological polar surface area (TPSA) is 46.6 Å². The molecule has 1 aliphatic rings. The summed E-state index contributed by atoms with van der Waals surface area (Å²) in [6, 6.07) is 7.74. The highest BCUT2D eigenvalue weighted by Gasteiger charge is 2.29. The van der Waals surface area contributed by atoms with Crippen LogP contribution in [-0.4, -0.2) is 42.2 Å². The summed E-state index contributed by atoms with van der Waals surface area (Å²) in [5.41, 5.74) is 0.768. The first kappa shape index (κ1) is 16.9. The number of carbonyl (C=O) groups excluding carboxylic acids is 2. The Morgan fingerprint density at radius 1 is 1.23 bits per heavy atom. The van der Waals surface area contributed by atoms with Gasteiger partial charge in [-0.2, -0.15) is 0 Å². The minimum atomic E-state index is -0.128.